The molecule has 8 nitrogen and oxygen atoms in total. The lowest BCUT2D eigenvalue weighted by molar-refractivity contribution is -0.131. The second-order valence-electron chi connectivity index (χ2n) is 8.46. The third kappa shape index (κ3) is 5.17. The Hall–Kier alpha value is -2.75. The Morgan fingerprint density at radius 2 is 1.94 bits per heavy atom. The molecule has 0 bridgehead atoms. The fourth-order valence-electron chi connectivity index (χ4n) is 3.53. The van der Waals surface area contributed by atoms with Crippen molar-refractivity contribution in [1.29, 1.82) is 0 Å². The Bertz CT molecular complexity index is 1170. The second-order valence-corrected chi connectivity index (χ2v) is 10.9. The van der Waals surface area contributed by atoms with Gasteiger partial charge < -0.3 is 9.67 Å². The quantitative estimate of drug-likeness (QED) is 0.387. The van der Waals surface area contributed by atoms with Crippen LogP contribution in [0.1, 0.15) is 25.3 Å². The largest absolute Gasteiger partial charge is 0.396 e. The molecule has 0 aliphatic heterocycles. The predicted molar refractivity (Wildman–Crippen MR) is 122 cm³/mol. The number of hydroxylamine groups is 1. The summed E-state index contributed by atoms with van der Waals surface area (Å²) >= 11 is 0. The van der Waals surface area contributed by atoms with Crippen molar-refractivity contribution in [1.82, 2.24) is 10.0 Å². The molecule has 3 rings (SSSR count). The van der Waals surface area contributed by atoms with Crippen LogP contribution in [-0.2, 0) is 21.2 Å². The van der Waals surface area contributed by atoms with Gasteiger partial charge in [0.25, 0.3) is 11.5 Å². The molecule has 172 valence electrons. The number of carbonyl (C=O) groups is 1. The Morgan fingerprint density at radius 1 is 1.25 bits per heavy atom. The molecule has 1 fully saturated rings. The number of sulfone groups is 1. The van der Waals surface area contributed by atoms with Crippen LogP contribution in [0.15, 0.2) is 53.5 Å². The summed E-state index contributed by atoms with van der Waals surface area (Å²) in [6.07, 6.45) is 7.48. The van der Waals surface area contributed by atoms with Crippen LogP contribution in [-0.4, -0.2) is 46.8 Å². The Labute approximate surface area is 187 Å². The van der Waals surface area contributed by atoms with E-state index in [1.807, 2.05) is 30.3 Å². The Balaban J connectivity index is 1.71. The van der Waals surface area contributed by atoms with Crippen molar-refractivity contribution in [3.05, 3.63) is 64.6 Å². The van der Waals surface area contributed by atoms with E-state index in [1.54, 1.807) is 12.3 Å². The van der Waals surface area contributed by atoms with Crippen LogP contribution in [0.5, 0.6) is 0 Å². The highest BCUT2D eigenvalue weighted by Gasteiger charge is 2.43. The number of allylic oxidation sites excluding steroid dienone is 1. The third-order valence-electron chi connectivity index (χ3n) is 6.22. The Kier molecular flexibility index (Phi) is 7.02. The average Bonchev–Trinajstić information content (AvgIpc) is 3.54. The van der Waals surface area contributed by atoms with E-state index >= 15 is 0 Å². The molecule has 1 aromatic heterocycles. The molecule has 1 aromatic carbocycles. The number of rotatable bonds is 9. The number of carbonyl (C=O) groups excluding carboxylic acids is 1. The zero-order valence-electron chi connectivity index (χ0n) is 18.1. The van der Waals surface area contributed by atoms with Crippen LogP contribution < -0.4 is 11.0 Å². The number of benzene rings is 1. The van der Waals surface area contributed by atoms with Gasteiger partial charge in [0.15, 0.2) is 14.6 Å². The van der Waals surface area contributed by atoms with Crippen molar-refractivity contribution in [2.45, 2.75) is 31.1 Å². The van der Waals surface area contributed by atoms with E-state index in [0.29, 0.717) is 11.8 Å². The number of nitrogens with zero attached hydrogens (tertiary/aromatic N) is 1. The molecule has 3 N–H and O–H groups in total. The zero-order valence-corrected chi connectivity index (χ0v) is 18.9. The first-order chi connectivity index (χ1) is 15.1. The van der Waals surface area contributed by atoms with Crippen LogP contribution in [0.2, 0.25) is 0 Å². The van der Waals surface area contributed by atoms with Gasteiger partial charge in [0.1, 0.15) is 0 Å². The fraction of sp³-hybridized carbons (Fsp3) is 0.391. The van der Waals surface area contributed by atoms with Crippen molar-refractivity contribution < 1.29 is 23.5 Å². The molecule has 0 spiro atoms. The van der Waals surface area contributed by atoms with Crippen molar-refractivity contribution in [2.75, 3.05) is 12.9 Å². The summed E-state index contributed by atoms with van der Waals surface area (Å²) in [5.74, 6) is -0.210. The van der Waals surface area contributed by atoms with E-state index in [9.17, 15) is 18.0 Å². The number of amides is 1. The molecule has 2 unspecified atom stereocenters. The normalized spacial score (nSPS) is 20.1. The highest BCUT2D eigenvalue weighted by molar-refractivity contribution is 7.92. The second kappa shape index (κ2) is 9.40. The topological polar surface area (TPSA) is 126 Å². The van der Waals surface area contributed by atoms with Gasteiger partial charge in [-0.2, -0.15) is 0 Å². The first kappa shape index (κ1) is 23.9. The number of pyridine rings is 1. The molecule has 0 saturated heterocycles. The van der Waals surface area contributed by atoms with E-state index < -0.39 is 20.5 Å². The van der Waals surface area contributed by atoms with Crippen molar-refractivity contribution in [3.63, 3.8) is 0 Å². The van der Waals surface area contributed by atoms with E-state index in [0.717, 1.165) is 29.4 Å². The van der Waals surface area contributed by atoms with Crippen molar-refractivity contribution >= 4 is 21.8 Å². The number of hydrogen-bond donors (Lipinski definition) is 3. The number of aliphatic hydroxyl groups excluding tert-OH is 1. The Morgan fingerprint density at radius 3 is 2.47 bits per heavy atom. The molecular formula is C23H28N2O6S. The average molecular weight is 461 g/mol. The van der Waals surface area contributed by atoms with Gasteiger partial charge in [-0.15, -0.1) is 0 Å². The van der Waals surface area contributed by atoms with Crippen molar-refractivity contribution in [2.24, 2.45) is 11.8 Å². The van der Waals surface area contributed by atoms with Crippen LogP contribution in [0.3, 0.4) is 0 Å². The fourth-order valence-corrected chi connectivity index (χ4v) is 4.37. The number of aromatic nitrogens is 1. The molecule has 2 aromatic rings. The molecule has 1 heterocycles. The number of nitrogens with one attached hydrogen (secondary N) is 1. The number of aryl methyl sites for hydroxylation is 1. The highest BCUT2D eigenvalue weighted by atomic mass is 32.2. The molecule has 3 atom stereocenters. The maximum Gasteiger partial charge on any atom is 0.264 e. The summed E-state index contributed by atoms with van der Waals surface area (Å²) in [6.45, 7) is 1.44. The lowest BCUT2D eigenvalue weighted by Gasteiger charge is -2.25. The number of aliphatic hydroxyl groups is 1. The molecule has 1 saturated carbocycles. The lowest BCUT2D eigenvalue weighted by Crippen LogP contribution is -2.49. The minimum absolute atomic E-state index is 0.00413. The van der Waals surface area contributed by atoms with Crippen LogP contribution >= 0.6 is 0 Å². The van der Waals surface area contributed by atoms with Crippen LogP contribution in [0, 0.1) is 11.8 Å². The minimum Gasteiger partial charge on any atom is -0.396 e. The summed E-state index contributed by atoms with van der Waals surface area (Å²) in [6, 6.07) is 11.0. The van der Waals surface area contributed by atoms with Gasteiger partial charge in [-0.3, -0.25) is 14.8 Å². The monoisotopic (exact) mass is 460 g/mol. The predicted octanol–water partition coefficient (Wildman–Crippen LogP) is 1.86. The van der Waals surface area contributed by atoms with Gasteiger partial charge in [0.05, 0.1) is 0 Å². The summed E-state index contributed by atoms with van der Waals surface area (Å²) in [7, 11) is -3.83. The molecule has 1 amide bonds. The number of hydrogen-bond acceptors (Lipinski definition) is 6. The van der Waals surface area contributed by atoms with Crippen LogP contribution in [0.4, 0.5) is 0 Å². The summed E-state index contributed by atoms with van der Waals surface area (Å²) in [5, 5.41) is 18.0. The van der Waals surface area contributed by atoms with Gasteiger partial charge in [0.2, 0.25) is 0 Å². The van der Waals surface area contributed by atoms with E-state index in [1.165, 1.54) is 23.0 Å². The molecule has 32 heavy (non-hydrogen) atoms. The van der Waals surface area contributed by atoms with Gasteiger partial charge in [-0.05, 0) is 54.4 Å². The lowest BCUT2D eigenvalue weighted by atomic mass is 10.0. The first-order valence-corrected chi connectivity index (χ1v) is 12.2. The smallest absolute Gasteiger partial charge is 0.264 e. The van der Waals surface area contributed by atoms with E-state index in [2.05, 4.69) is 6.08 Å². The summed E-state index contributed by atoms with van der Waals surface area (Å²) in [4.78, 5) is 24.5. The van der Waals surface area contributed by atoms with Gasteiger partial charge in [-0.1, -0.05) is 36.4 Å². The molecule has 9 heteroatoms. The molecule has 1 aliphatic carbocycles. The maximum absolute atomic E-state index is 12.6. The zero-order chi connectivity index (χ0) is 23.5. The first-order valence-electron chi connectivity index (χ1n) is 10.3. The van der Waals surface area contributed by atoms with Gasteiger partial charge >= 0.3 is 0 Å². The van der Waals surface area contributed by atoms with E-state index in [4.69, 9.17) is 10.3 Å². The maximum atomic E-state index is 12.6. The molecular weight excluding hydrogens is 432 g/mol. The third-order valence-corrected chi connectivity index (χ3v) is 8.24. The standard InChI is InChI=1S/C23H28N2O6S/c1-23(22(28)24-29,32(2,30)31)10-12-25-11-9-19(14-21(25)27)17-6-3-16(4-7-17)5-8-18-13-20(18)15-26/h3-9,11,14,18,20,26,29H,10,12-13,15H2,1-2H3,(H,24,28)/b8-5+/t18?,20-,23?/m0/s1. The van der Waals surface area contributed by atoms with Crippen LogP contribution in [0.25, 0.3) is 17.2 Å². The SMILES string of the molecule is CC(CCn1ccc(-c2ccc(/C=C/C3C[C@H]3CO)cc2)cc1=O)(C(=O)NO)S(C)(=O)=O. The molecule has 0 radical (unpaired) electrons. The van der Waals surface area contributed by atoms with Gasteiger partial charge in [0, 0.05) is 31.7 Å². The minimum atomic E-state index is -3.83. The van der Waals surface area contributed by atoms with Gasteiger partial charge in [-0.25, -0.2) is 13.9 Å². The van der Waals surface area contributed by atoms with E-state index in [-0.39, 0.29) is 25.1 Å². The summed E-state index contributed by atoms with van der Waals surface area (Å²) in [5.41, 5.74) is 3.70. The molecule has 1 aliphatic rings. The summed E-state index contributed by atoms with van der Waals surface area (Å²) < 4.78 is 23.6. The highest BCUT2D eigenvalue weighted by Crippen LogP contribution is 2.39. The van der Waals surface area contributed by atoms with Crippen molar-refractivity contribution in [3.8, 4) is 11.1 Å².